The number of rotatable bonds is 2. The summed E-state index contributed by atoms with van der Waals surface area (Å²) in [6.45, 7) is 4.71. The number of anilines is 1. The van der Waals surface area contributed by atoms with Crippen LogP contribution in [-0.4, -0.2) is 30.9 Å². The normalized spacial score (nSPS) is 21.2. The SMILES string of the molecule is CC1COCCN1c1ccc(CO)c(Br)c1. The highest BCUT2D eigenvalue weighted by atomic mass is 79.9. The minimum absolute atomic E-state index is 0.0690. The Labute approximate surface area is 104 Å². The molecule has 2 rings (SSSR count). The van der Waals surface area contributed by atoms with Crippen molar-refractivity contribution in [1.82, 2.24) is 0 Å². The second-order valence-corrected chi connectivity index (χ2v) is 4.91. The van der Waals surface area contributed by atoms with E-state index in [1.807, 2.05) is 6.07 Å². The van der Waals surface area contributed by atoms with Crippen molar-refractivity contribution < 1.29 is 9.84 Å². The molecule has 0 spiro atoms. The summed E-state index contributed by atoms with van der Waals surface area (Å²) in [5, 5.41) is 9.11. The van der Waals surface area contributed by atoms with Gasteiger partial charge in [-0.05, 0) is 24.6 Å². The van der Waals surface area contributed by atoms with Gasteiger partial charge in [-0.1, -0.05) is 22.0 Å². The van der Waals surface area contributed by atoms with Crippen LogP contribution in [0.2, 0.25) is 0 Å². The molecule has 1 fully saturated rings. The van der Waals surface area contributed by atoms with Crippen LogP contribution < -0.4 is 4.90 Å². The summed E-state index contributed by atoms with van der Waals surface area (Å²) in [6.07, 6.45) is 0. The molecule has 1 unspecified atom stereocenters. The molecule has 4 heteroatoms. The van der Waals surface area contributed by atoms with E-state index in [4.69, 9.17) is 9.84 Å². The lowest BCUT2D eigenvalue weighted by molar-refractivity contribution is 0.0989. The van der Waals surface area contributed by atoms with Gasteiger partial charge in [0.2, 0.25) is 0 Å². The fourth-order valence-electron chi connectivity index (χ4n) is 1.95. The molecule has 0 aromatic heterocycles. The maximum absolute atomic E-state index is 9.11. The summed E-state index contributed by atoms with van der Waals surface area (Å²) in [6, 6.07) is 6.48. The Balaban J connectivity index is 2.22. The molecular formula is C12H16BrNO2. The minimum atomic E-state index is 0.0690. The van der Waals surface area contributed by atoms with Gasteiger partial charge in [0, 0.05) is 22.7 Å². The molecule has 1 aliphatic rings. The average Bonchev–Trinajstić information content (AvgIpc) is 2.29. The number of aliphatic hydroxyl groups is 1. The van der Waals surface area contributed by atoms with Crippen LogP contribution in [0.3, 0.4) is 0 Å². The molecule has 0 amide bonds. The number of morpholine rings is 1. The summed E-state index contributed by atoms with van der Waals surface area (Å²) in [7, 11) is 0. The number of aliphatic hydroxyl groups excluding tert-OH is 1. The highest BCUT2D eigenvalue weighted by Crippen LogP contribution is 2.26. The second kappa shape index (κ2) is 5.17. The summed E-state index contributed by atoms with van der Waals surface area (Å²) < 4.78 is 6.38. The molecule has 1 atom stereocenters. The maximum atomic E-state index is 9.11. The third kappa shape index (κ3) is 2.39. The van der Waals surface area contributed by atoms with Crippen LogP contribution in [0.5, 0.6) is 0 Å². The zero-order chi connectivity index (χ0) is 11.5. The Hall–Kier alpha value is -0.580. The third-order valence-corrected chi connectivity index (χ3v) is 3.64. The van der Waals surface area contributed by atoms with Gasteiger partial charge in [0.05, 0.1) is 19.8 Å². The van der Waals surface area contributed by atoms with Gasteiger partial charge in [0.1, 0.15) is 0 Å². The van der Waals surface area contributed by atoms with E-state index in [1.165, 1.54) is 5.69 Å². The highest BCUT2D eigenvalue weighted by molar-refractivity contribution is 9.10. The fraction of sp³-hybridized carbons (Fsp3) is 0.500. The number of hydrogen-bond acceptors (Lipinski definition) is 3. The van der Waals surface area contributed by atoms with Crippen LogP contribution >= 0.6 is 15.9 Å². The number of halogens is 1. The first-order valence-electron chi connectivity index (χ1n) is 5.46. The molecule has 0 saturated carbocycles. The van der Waals surface area contributed by atoms with Gasteiger partial charge in [-0.25, -0.2) is 0 Å². The van der Waals surface area contributed by atoms with E-state index in [-0.39, 0.29) is 6.61 Å². The Morgan fingerprint density at radius 2 is 2.38 bits per heavy atom. The van der Waals surface area contributed by atoms with E-state index in [1.54, 1.807) is 0 Å². The topological polar surface area (TPSA) is 32.7 Å². The van der Waals surface area contributed by atoms with Crippen molar-refractivity contribution in [3.05, 3.63) is 28.2 Å². The fourth-order valence-corrected chi connectivity index (χ4v) is 2.45. The van der Waals surface area contributed by atoms with E-state index in [0.29, 0.717) is 6.04 Å². The van der Waals surface area contributed by atoms with Crippen molar-refractivity contribution in [1.29, 1.82) is 0 Å². The van der Waals surface area contributed by atoms with E-state index < -0.39 is 0 Å². The van der Waals surface area contributed by atoms with Crippen LogP contribution in [0.25, 0.3) is 0 Å². The third-order valence-electron chi connectivity index (χ3n) is 2.91. The number of ether oxygens (including phenoxy) is 1. The monoisotopic (exact) mass is 285 g/mol. The molecular weight excluding hydrogens is 270 g/mol. The number of hydrogen-bond donors (Lipinski definition) is 1. The maximum Gasteiger partial charge on any atom is 0.0692 e. The zero-order valence-electron chi connectivity index (χ0n) is 9.32. The first-order chi connectivity index (χ1) is 7.72. The van der Waals surface area contributed by atoms with Gasteiger partial charge in [-0.2, -0.15) is 0 Å². The van der Waals surface area contributed by atoms with Gasteiger partial charge in [-0.15, -0.1) is 0 Å². The standard InChI is InChI=1S/C12H16BrNO2/c1-9-8-16-5-4-14(9)11-3-2-10(7-15)12(13)6-11/h2-3,6,9,15H,4-5,7-8H2,1H3. The van der Waals surface area contributed by atoms with E-state index >= 15 is 0 Å². The molecule has 16 heavy (non-hydrogen) atoms. The summed E-state index contributed by atoms with van der Waals surface area (Å²) in [5.74, 6) is 0. The smallest absolute Gasteiger partial charge is 0.0692 e. The molecule has 0 aliphatic carbocycles. The van der Waals surface area contributed by atoms with E-state index in [0.717, 1.165) is 29.8 Å². The van der Waals surface area contributed by atoms with Gasteiger partial charge in [-0.3, -0.25) is 0 Å². The Morgan fingerprint density at radius 1 is 1.56 bits per heavy atom. The van der Waals surface area contributed by atoms with Crippen molar-refractivity contribution in [3.8, 4) is 0 Å². The average molecular weight is 286 g/mol. The Morgan fingerprint density at radius 3 is 3.00 bits per heavy atom. The lowest BCUT2D eigenvalue weighted by Crippen LogP contribution is -2.43. The van der Waals surface area contributed by atoms with Crippen LogP contribution in [0.15, 0.2) is 22.7 Å². The van der Waals surface area contributed by atoms with Crippen molar-refractivity contribution in [2.75, 3.05) is 24.7 Å². The largest absolute Gasteiger partial charge is 0.392 e. The summed E-state index contributed by atoms with van der Waals surface area (Å²) in [5.41, 5.74) is 2.10. The van der Waals surface area contributed by atoms with Crippen LogP contribution in [0, 0.1) is 0 Å². The first-order valence-corrected chi connectivity index (χ1v) is 6.25. The molecule has 1 aromatic rings. The summed E-state index contributed by atoms with van der Waals surface area (Å²) in [4.78, 5) is 2.33. The minimum Gasteiger partial charge on any atom is -0.392 e. The lowest BCUT2D eigenvalue weighted by Gasteiger charge is -2.35. The molecule has 1 saturated heterocycles. The van der Waals surface area contributed by atoms with Gasteiger partial charge in [0.15, 0.2) is 0 Å². The Kier molecular flexibility index (Phi) is 3.84. The lowest BCUT2D eigenvalue weighted by atomic mass is 10.1. The van der Waals surface area contributed by atoms with Crippen LogP contribution in [-0.2, 0) is 11.3 Å². The molecule has 0 bridgehead atoms. The molecule has 1 N–H and O–H groups in total. The molecule has 1 aromatic carbocycles. The van der Waals surface area contributed by atoms with Crippen LogP contribution in [0.1, 0.15) is 12.5 Å². The van der Waals surface area contributed by atoms with Crippen LogP contribution in [0.4, 0.5) is 5.69 Å². The first kappa shape index (κ1) is 11.9. The van der Waals surface area contributed by atoms with Gasteiger partial charge in [0.25, 0.3) is 0 Å². The summed E-state index contributed by atoms with van der Waals surface area (Å²) >= 11 is 3.48. The number of benzene rings is 1. The quantitative estimate of drug-likeness (QED) is 0.904. The second-order valence-electron chi connectivity index (χ2n) is 4.05. The molecule has 88 valence electrons. The molecule has 1 aliphatic heterocycles. The predicted octanol–water partition coefficient (Wildman–Crippen LogP) is 2.17. The van der Waals surface area contributed by atoms with E-state index in [2.05, 4.69) is 39.9 Å². The number of nitrogens with zero attached hydrogens (tertiary/aromatic N) is 1. The zero-order valence-corrected chi connectivity index (χ0v) is 10.9. The predicted molar refractivity (Wildman–Crippen MR) is 67.7 cm³/mol. The van der Waals surface area contributed by atoms with Gasteiger partial charge >= 0.3 is 0 Å². The highest BCUT2D eigenvalue weighted by Gasteiger charge is 2.19. The van der Waals surface area contributed by atoms with Crippen molar-refractivity contribution in [2.24, 2.45) is 0 Å². The molecule has 0 radical (unpaired) electrons. The van der Waals surface area contributed by atoms with E-state index in [9.17, 15) is 0 Å². The molecule has 3 nitrogen and oxygen atoms in total. The van der Waals surface area contributed by atoms with Crippen molar-refractivity contribution >= 4 is 21.6 Å². The van der Waals surface area contributed by atoms with Crippen molar-refractivity contribution in [3.63, 3.8) is 0 Å². The van der Waals surface area contributed by atoms with Crippen molar-refractivity contribution in [2.45, 2.75) is 19.6 Å². The molecule has 1 heterocycles. The van der Waals surface area contributed by atoms with Gasteiger partial charge < -0.3 is 14.7 Å². The Bertz CT molecular complexity index is 370.